The predicted octanol–water partition coefficient (Wildman–Crippen LogP) is 5.44. The molecule has 4 heteroatoms. The van der Waals surface area contributed by atoms with Crippen molar-refractivity contribution in [3.05, 3.63) is 22.7 Å². The van der Waals surface area contributed by atoms with E-state index >= 15 is 0 Å². The van der Waals surface area contributed by atoms with E-state index in [2.05, 4.69) is 52.2 Å². The van der Waals surface area contributed by atoms with Crippen LogP contribution in [0.1, 0.15) is 39.5 Å². The van der Waals surface area contributed by atoms with Gasteiger partial charge >= 0.3 is 0 Å². The Balaban J connectivity index is 1.98. The molecule has 2 aromatic rings. The zero-order valence-corrected chi connectivity index (χ0v) is 13.3. The quantitative estimate of drug-likeness (QED) is 0.715. The van der Waals surface area contributed by atoms with Gasteiger partial charge in [0.2, 0.25) is 0 Å². The van der Waals surface area contributed by atoms with Gasteiger partial charge in [0.1, 0.15) is 0 Å². The van der Waals surface area contributed by atoms with Gasteiger partial charge in [0.25, 0.3) is 0 Å². The molecular weight excluding hydrogens is 308 g/mol. The van der Waals surface area contributed by atoms with Crippen LogP contribution in [-0.4, -0.2) is 11.0 Å². The molecule has 0 aliphatic rings. The first-order chi connectivity index (χ1) is 8.69. The van der Waals surface area contributed by atoms with Gasteiger partial charge in [-0.3, -0.25) is 0 Å². The second kappa shape index (κ2) is 6.53. The van der Waals surface area contributed by atoms with Gasteiger partial charge in [-0.25, -0.2) is 4.98 Å². The van der Waals surface area contributed by atoms with E-state index < -0.39 is 0 Å². The maximum atomic E-state index is 4.61. The molecule has 2 nitrogen and oxygen atoms in total. The molecule has 18 heavy (non-hydrogen) atoms. The molecule has 1 aromatic heterocycles. The Hall–Kier alpha value is -0.610. The van der Waals surface area contributed by atoms with Crippen molar-refractivity contribution in [3.63, 3.8) is 0 Å². The molecule has 2 rings (SSSR count). The lowest BCUT2D eigenvalue weighted by Gasteiger charge is -2.11. The number of thiazole rings is 1. The van der Waals surface area contributed by atoms with Crippen LogP contribution in [0.25, 0.3) is 10.2 Å². The lowest BCUT2D eigenvalue weighted by molar-refractivity contribution is 0.615. The van der Waals surface area contributed by atoms with E-state index in [1.807, 2.05) is 6.07 Å². The summed E-state index contributed by atoms with van der Waals surface area (Å²) in [4.78, 5) is 4.61. The summed E-state index contributed by atoms with van der Waals surface area (Å²) in [6.45, 7) is 4.47. The van der Waals surface area contributed by atoms with E-state index in [9.17, 15) is 0 Å². The highest BCUT2D eigenvalue weighted by Crippen LogP contribution is 2.29. The first kappa shape index (κ1) is 13.8. The van der Waals surface area contributed by atoms with Crippen LogP contribution in [0.2, 0.25) is 0 Å². The second-order valence-electron chi connectivity index (χ2n) is 4.67. The Bertz CT molecular complexity index is 509. The minimum atomic E-state index is 0.501. The van der Waals surface area contributed by atoms with Crippen LogP contribution < -0.4 is 5.32 Å². The third-order valence-electron chi connectivity index (χ3n) is 2.96. The Morgan fingerprint density at radius 1 is 1.39 bits per heavy atom. The average molecular weight is 327 g/mol. The van der Waals surface area contributed by atoms with Crippen LogP contribution in [0, 0.1) is 0 Å². The van der Waals surface area contributed by atoms with Crippen LogP contribution in [0.15, 0.2) is 22.7 Å². The monoisotopic (exact) mass is 326 g/mol. The van der Waals surface area contributed by atoms with Crippen LogP contribution in [0.4, 0.5) is 5.13 Å². The fraction of sp³-hybridized carbons (Fsp3) is 0.500. The molecule has 1 heterocycles. The lowest BCUT2D eigenvalue weighted by Crippen LogP contribution is -2.14. The number of hydrogen-bond donors (Lipinski definition) is 1. The summed E-state index contributed by atoms with van der Waals surface area (Å²) in [5.74, 6) is 0. The number of halogens is 1. The Labute approximate surface area is 121 Å². The highest BCUT2D eigenvalue weighted by Gasteiger charge is 2.07. The van der Waals surface area contributed by atoms with Crippen LogP contribution in [0.3, 0.4) is 0 Å². The van der Waals surface area contributed by atoms with Crippen LogP contribution in [-0.2, 0) is 0 Å². The van der Waals surface area contributed by atoms with Crippen LogP contribution in [0.5, 0.6) is 0 Å². The van der Waals surface area contributed by atoms with Gasteiger partial charge in [-0.2, -0.15) is 0 Å². The van der Waals surface area contributed by atoms with Crippen molar-refractivity contribution in [2.45, 2.75) is 45.6 Å². The summed E-state index contributed by atoms with van der Waals surface area (Å²) >= 11 is 5.22. The van der Waals surface area contributed by atoms with Gasteiger partial charge < -0.3 is 5.32 Å². The van der Waals surface area contributed by atoms with Crippen molar-refractivity contribution in [3.8, 4) is 0 Å². The van der Waals surface area contributed by atoms with Gasteiger partial charge in [-0.05, 0) is 31.5 Å². The third-order valence-corrected chi connectivity index (χ3v) is 4.40. The third kappa shape index (κ3) is 3.69. The summed E-state index contributed by atoms with van der Waals surface area (Å²) in [6, 6.07) is 6.72. The number of unbranched alkanes of at least 4 members (excludes halogenated alkanes) is 2. The minimum Gasteiger partial charge on any atom is -0.359 e. The molecule has 1 aromatic carbocycles. The van der Waals surface area contributed by atoms with Crippen molar-refractivity contribution < 1.29 is 0 Å². The number of benzene rings is 1. The van der Waals surface area contributed by atoms with Crippen molar-refractivity contribution in [1.29, 1.82) is 0 Å². The Morgan fingerprint density at radius 3 is 3.00 bits per heavy atom. The van der Waals surface area contributed by atoms with Gasteiger partial charge in [-0.15, -0.1) is 0 Å². The molecule has 0 aliphatic carbocycles. The van der Waals surface area contributed by atoms with Gasteiger partial charge in [0.15, 0.2) is 5.13 Å². The topological polar surface area (TPSA) is 24.9 Å². The number of hydrogen-bond acceptors (Lipinski definition) is 3. The van der Waals surface area contributed by atoms with E-state index in [4.69, 9.17) is 0 Å². The normalized spacial score (nSPS) is 12.8. The largest absolute Gasteiger partial charge is 0.359 e. The molecule has 1 atom stereocenters. The molecule has 0 radical (unpaired) electrons. The molecule has 98 valence electrons. The van der Waals surface area contributed by atoms with Crippen molar-refractivity contribution in [2.75, 3.05) is 5.32 Å². The van der Waals surface area contributed by atoms with E-state index in [1.165, 1.54) is 30.4 Å². The Morgan fingerprint density at radius 2 is 2.22 bits per heavy atom. The molecule has 0 fully saturated rings. The summed E-state index contributed by atoms with van der Waals surface area (Å²) in [5, 5.41) is 4.54. The Kier molecular flexibility index (Phi) is 5.01. The smallest absolute Gasteiger partial charge is 0.183 e. The lowest BCUT2D eigenvalue weighted by atomic mass is 10.1. The number of rotatable bonds is 6. The fourth-order valence-corrected chi connectivity index (χ4v) is 3.47. The fourth-order valence-electron chi connectivity index (χ4n) is 1.94. The second-order valence-corrected chi connectivity index (χ2v) is 6.62. The molecule has 0 saturated carbocycles. The highest BCUT2D eigenvalue weighted by atomic mass is 79.9. The summed E-state index contributed by atoms with van der Waals surface area (Å²) in [6.07, 6.45) is 5.11. The molecule has 1 unspecified atom stereocenters. The summed E-state index contributed by atoms with van der Waals surface area (Å²) in [5.41, 5.74) is 1.08. The van der Waals surface area contributed by atoms with Crippen molar-refractivity contribution in [1.82, 2.24) is 4.98 Å². The minimum absolute atomic E-state index is 0.501. The van der Waals surface area contributed by atoms with Gasteiger partial charge in [-0.1, -0.05) is 53.5 Å². The SMILES string of the molecule is CCCCCC(C)Nc1nc2ccc(Br)cc2s1. The number of aromatic nitrogens is 1. The molecular formula is C14H19BrN2S. The van der Waals surface area contributed by atoms with Crippen molar-refractivity contribution in [2.24, 2.45) is 0 Å². The van der Waals surface area contributed by atoms with Crippen molar-refractivity contribution >= 4 is 42.6 Å². The number of nitrogens with one attached hydrogen (secondary N) is 1. The average Bonchev–Trinajstić information content (AvgIpc) is 2.70. The first-order valence-electron chi connectivity index (χ1n) is 6.51. The number of anilines is 1. The van der Waals surface area contributed by atoms with Gasteiger partial charge in [0.05, 0.1) is 10.2 Å². The molecule has 0 aliphatic heterocycles. The molecule has 0 saturated heterocycles. The maximum absolute atomic E-state index is 4.61. The van der Waals surface area contributed by atoms with E-state index in [0.717, 1.165) is 15.1 Å². The van der Waals surface area contributed by atoms with E-state index in [-0.39, 0.29) is 0 Å². The first-order valence-corrected chi connectivity index (χ1v) is 8.12. The van der Waals surface area contributed by atoms with E-state index in [1.54, 1.807) is 11.3 Å². The molecule has 0 bridgehead atoms. The summed E-state index contributed by atoms with van der Waals surface area (Å²) < 4.78 is 2.34. The number of fused-ring (bicyclic) bond motifs is 1. The molecule has 0 spiro atoms. The van der Waals surface area contributed by atoms with E-state index in [0.29, 0.717) is 6.04 Å². The molecule has 1 N–H and O–H groups in total. The zero-order valence-electron chi connectivity index (χ0n) is 10.9. The number of nitrogens with zero attached hydrogens (tertiary/aromatic N) is 1. The molecule has 0 amide bonds. The highest BCUT2D eigenvalue weighted by molar-refractivity contribution is 9.10. The predicted molar refractivity (Wildman–Crippen MR) is 84.5 cm³/mol. The van der Waals surface area contributed by atoms with Gasteiger partial charge in [0, 0.05) is 10.5 Å². The zero-order chi connectivity index (χ0) is 13.0. The maximum Gasteiger partial charge on any atom is 0.183 e. The standard InChI is InChI=1S/C14H19BrN2S/c1-3-4-5-6-10(2)16-14-17-12-8-7-11(15)9-13(12)18-14/h7-10H,3-6H2,1-2H3,(H,16,17). The van der Waals surface area contributed by atoms with Crippen LogP contribution >= 0.6 is 27.3 Å². The summed E-state index contributed by atoms with van der Waals surface area (Å²) in [7, 11) is 0.